The van der Waals surface area contributed by atoms with E-state index in [-0.39, 0.29) is 11.6 Å². The molecule has 1 aromatic heterocycles. The highest BCUT2D eigenvalue weighted by Crippen LogP contribution is 2.12. The largest absolute Gasteiger partial charge is 0.378 e. The van der Waals surface area contributed by atoms with Crippen molar-refractivity contribution < 1.29 is 0 Å². The first-order valence-corrected chi connectivity index (χ1v) is 5.05. The third-order valence-electron chi connectivity index (χ3n) is 2.20. The lowest BCUT2D eigenvalue weighted by molar-refractivity contribution is 0.895. The number of nitrogens with one attached hydrogen (secondary N) is 2. The molecule has 0 aliphatic carbocycles. The van der Waals surface area contributed by atoms with Crippen LogP contribution in [0.5, 0.6) is 0 Å². The highest BCUT2D eigenvalue weighted by Gasteiger charge is 2.02. The third-order valence-corrected chi connectivity index (χ3v) is 2.20. The summed E-state index contributed by atoms with van der Waals surface area (Å²) in [6.07, 6.45) is 0. The van der Waals surface area contributed by atoms with Crippen molar-refractivity contribution in [2.75, 3.05) is 5.32 Å². The summed E-state index contributed by atoms with van der Waals surface area (Å²) < 4.78 is 0. The fraction of sp³-hybridized carbons (Fsp3) is 0.250. The Hall–Kier alpha value is -1.77. The number of rotatable bonds is 2. The van der Waals surface area contributed by atoms with E-state index in [0.29, 0.717) is 5.69 Å². The van der Waals surface area contributed by atoms with E-state index in [4.69, 9.17) is 0 Å². The minimum atomic E-state index is -0.0672. The average Bonchev–Trinajstić information content (AvgIpc) is 2.18. The molecule has 2 rings (SSSR count). The number of para-hydroxylation sites is 1. The van der Waals surface area contributed by atoms with Gasteiger partial charge in [0.1, 0.15) is 5.69 Å². The highest BCUT2D eigenvalue weighted by molar-refractivity contribution is 5.81. The molecule has 0 radical (unpaired) electrons. The maximum Gasteiger partial charge on any atom is 0.271 e. The second-order valence-electron chi connectivity index (χ2n) is 3.90. The molecule has 3 nitrogen and oxygen atoms in total. The van der Waals surface area contributed by atoms with Crippen LogP contribution in [0.3, 0.4) is 0 Å². The predicted molar refractivity (Wildman–Crippen MR) is 63.3 cm³/mol. The van der Waals surface area contributed by atoms with Crippen LogP contribution in [0, 0.1) is 0 Å². The normalized spacial score (nSPS) is 10.9. The van der Waals surface area contributed by atoms with E-state index in [1.54, 1.807) is 0 Å². The summed E-state index contributed by atoms with van der Waals surface area (Å²) >= 11 is 0. The smallest absolute Gasteiger partial charge is 0.271 e. The fourth-order valence-corrected chi connectivity index (χ4v) is 1.57. The van der Waals surface area contributed by atoms with Crippen LogP contribution in [0.2, 0.25) is 0 Å². The maximum atomic E-state index is 11.7. The number of pyridine rings is 1. The van der Waals surface area contributed by atoms with Gasteiger partial charge in [0.2, 0.25) is 0 Å². The highest BCUT2D eigenvalue weighted by atomic mass is 16.1. The van der Waals surface area contributed by atoms with Gasteiger partial charge in [-0.15, -0.1) is 0 Å². The SMILES string of the molecule is CC(C)Nc1cc2ccccc2[nH]c1=O. The van der Waals surface area contributed by atoms with Gasteiger partial charge in [0, 0.05) is 16.9 Å². The van der Waals surface area contributed by atoms with Gasteiger partial charge in [0.25, 0.3) is 5.56 Å². The molecule has 0 fully saturated rings. The lowest BCUT2D eigenvalue weighted by Crippen LogP contribution is -2.18. The number of H-pyrrole nitrogens is 1. The van der Waals surface area contributed by atoms with Crippen LogP contribution in [0.25, 0.3) is 10.9 Å². The Bertz CT molecular complexity index is 528. The van der Waals surface area contributed by atoms with Crippen molar-refractivity contribution in [2.24, 2.45) is 0 Å². The maximum absolute atomic E-state index is 11.7. The molecule has 2 aromatic rings. The van der Waals surface area contributed by atoms with Gasteiger partial charge < -0.3 is 10.3 Å². The summed E-state index contributed by atoms with van der Waals surface area (Å²) in [4.78, 5) is 14.5. The molecule has 78 valence electrons. The fourth-order valence-electron chi connectivity index (χ4n) is 1.57. The quantitative estimate of drug-likeness (QED) is 0.785. The topological polar surface area (TPSA) is 44.9 Å². The van der Waals surface area contributed by atoms with Gasteiger partial charge in [-0.2, -0.15) is 0 Å². The van der Waals surface area contributed by atoms with Gasteiger partial charge in [0.15, 0.2) is 0 Å². The van der Waals surface area contributed by atoms with Crippen LogP contribution < -0.4 is 10.9 Å². The number of aromatic amines is 1. The van der Waals surface area contributed by atoms with Crippen molar-refractivity contribution in [2.45, 2.75) is 19.9 Å². The average molecular weight is 202 g/mol. The summed E-state index contributed by atoms with van der Waals surface area (Å²) in [7, 11) is 0. The van der Waals surface area contributed by atoms with Gasteiger partial charge in [0.05, 0.1) is 0 Å². The van der Waals surface area contributed by atoms with Gasteiger partial charge >= 0.3 is 0 Å². The number of fused-ring (bicyclic) bond motifs is 1. The van der Waals surface area contributed by atoms with E-state index in [2.05, 4.69) is 10.3 Å². The van der Waals surface area contributed by atoms with Gasteiger partial charge in [-0.05, 0) is 26.0 Å². The molecule has 15 heavy (non-hydrogen) atoms. The van der Waals surface area contributed by atoms with Crippen molar-refractivity contribution in [1.82, 2.24) is 4.98 Å². The molecule has 3 heteroatoms. The molecule has 0 spiro atoms. The van der Waals surface area contributed by atoms with Crippen LogP contribution in [-0.2, 0) is 0 Å². The van der Waals surface area contributed by atoms with Crippen LogP contribution >= 0.6 is 0 Å². The molecule has 2 N–H and O–H groups in total. The number of aromatic nitrogens is 1. The second kappa shape index (κ2) is 3.77. The molecule has 0 aliphatic heterocycles. The molecular formula is C12H14N2O. The van der Waals surface area contributed by atoms with E-state index >= 15 is 0 Å². The van der Waals surface area contributed by atoms with E-state index in [9.17, 15) is 4.79 Å². The Labute approximate surface area is 88.1 Å². The predicted octanol–water partition coefficient (Wildman–Crippen LogP) is 2.35. The molecule has 1 heterocycles. The zero-order valence-corrected chi connectivity index (χ0v) is 8.87. The lowest BCUT2D eigenvalue weighted by atomic mass is 10.2. The minimum Gasteiger partial charge on any atom is -0.378 e. The first kappa shape index (κ1) is 9.77. The number of hydrogen-bond acceptors (Lipinski definition) is 2. The van der Waals surface area contributed by atoms with Crippen molar-refractivity contribution >= 4 is 16.6 Å². The first-order chi connectivity index (χ1) is 7.16. The summed E-state index contributed by atoms with van der Waals surface area (Å²) in [6.45, 7) is 4.02. The summed E-state index contributed by atoms with van der Waals surface area (Å²) in [5.74, 6) is 0. The standard InChI is InChI=1S/C12H14N2O/c1-8(2)13-11-7-9-5-3-4-6-10(9)14-12(11)15/h3-8,13H,1-2H3,(H,14,15). The number of benzene rings is 1. The Kier molecular flexibility index (Phi) is 2.46. The van der Waals surface area contributed by atoms with Gasteiger partial charge in [-0.3, -0.25) is 4.79 Å². The molecule has 0 atom stereocenters. The summed E-state index contributed by atoms with van der Waals surface area (Å²) in [5, 5.41) is 4.16. The van der Waals surface area contributed by atoms with Crippen LogP contribution in [-0.4, -0.2) is 11.0 Å². The van der Waals surface area contributed by atoms with E-state index in [0.717, 1.165) is 10.9 Å². The summed E-state index contributed by atoms with van der Waals surface area (Å²) in [5.41, 5.74) is 1.43. The molecule has 1 aromatic carbocycles. The van der Waals surface area contributed by atoms with E-state index in [1.165, 1.54) is 0 Å². The molecule has 0 saturated heterocycles. The van der Waals surface area contributed by atoms with Crippen molar-refractivity contribution in [3.05, 3.63) is 40.7 Å². The van der Waals surface area contributed by atoms with Gasteiger partial charge in [-0.1, -0.05) is 18.2 Å². The summed E-state index contributed by atoms with van der Waals surface area (Å²) in [6, 6.07) is 9.89. The van der Waals surface area contributed by atoms with Crippen LogP contribution in [0.1, 0.15) is 13.8 Å². The molecule has 0 saturated carbocycles. The first-order valence-electron chi connectivity index (χ1n) is 5.05. The Balaban J connectivity index is 2.57. The van der Waals surface area contributed by atoms with Gasteiger partial charge in [-0.25, -0.2) is 0 Å². The second-order valence-corrected chi connectivity index (χ2v) is 3.90. The monoisotopic (exact) mass is 202 g/mol. The Morgan fingerprint density at radius 1 is 1.27 bits per heavy atom. The van der Waals surface area contributed by atoms with E-state index < -0.39 is 0 Å². The third kappa shape index (κ3) is 2.01. The van der Waals surface area contributed by atoms with E-state index in [1.807, 2.05) is 44.2 Å². The van der Waals surface area contributed by atoms with Crippen LogP contribution in [0.4, 0.5) is 5.69 Å². The zero-order valence-electron chi connectivity index (χ0n) is 8.87. The Morgan fingerprint density at radius 2 is 2.00 bits per heavy atom. The minimum absolute atomic E-state index is 0.0672. The van der Waals surface area contributed by atoms with Crippen molar-refractivity contribution in [3.63, 3.8) is 0 Å². The number of anilines is 1. The van der Waals surface area contributed by atoms with Crippen LogP contribution in [0.15, 0.2) is 35.1 Å². The molecule has 0 bridgehead atoms. The van der Waals surface area contributed by atoms with Crippen molar-refractivity contribution in [1.29, 1.82) is 0 Å². The zero-order chi connectivity index (χ0) is 10.8. The lowest BCUT2D eigenvalue weighted by Gasteiger charge is -2.09. The number of hydrogen-bond donors (Lipinski definition) is 2. The molecular weight excluding hydrogens is 188 g/mol. The molecule has 0 amide bonds. The molecule has 0 unspecified atom stereocenters. The van der Waals surface area contributed by atoms with Crippen molar-refractivity contribution in [3.8, 4) is 0 Å². The molecule has 0 aliphatic rings. The Morgan fingerprint density at radius 3 is 2.73 bits per heavy atom.